The lowest BCUT2D eigenvalue weighted by Gasteiger charge is -2.33. The van der Waals surface area contributed by atoms with Crippen molar-refractivity contribution in [2.24, 2.45) is 5.92 Å². The van der Waals surface area contributed by atoms with E-state index < -0.39 is 35.1 Å². The van der Waals surface area contributed by atoms with Gasteiger partial charge in [-0.1, -0.05) is 44.2 Å². The number of hydrogen-bond acceptors (Lipinski definition) is 6. The lowest BCUT2D eigenvalue weighted by Crippen LogP contribution is -2.56. The van der Waals surface area contributed by atoms with Crippen molar-refractivity contribution < 1.29 is 29.0 Å². The van der Waals surface area contributed by atoms with Crippen molar-refractivity contribution in [3.8, 4) is 0 Å². The van der Waals surface area contributed by atoms with Crippen LogP contribution in [0, 0.1) is 5.92 Å². The molecule has 0 aliphatic carbocycles. The highest BCUT2D eigenvalue weighted by molar-refractivity contribution is 6.09. The Morgan fingerprint density at radius 3 is 2.10 bits per heavy atom. The summed E-state index contributed by atoms with van der Waals surface area (Å²) >= 11 is 0. The fraction of sp³-hybridized carbons (Fsp3) is 0.591. The van der Waals surface area contributed by atoms with Crippen molar-refractivity contribution in [1.82, 2.24) is 4.90 Å². The van der Waals surface area contributed by atoms with Crippen LogP contribution in [0.15, 0.2) is 30.3 Å². The van der Waals surface area contributed by atoms with Gasteiger partial charge in [-0.25, -0.2) is 9.59 Å². The number of carbonyl (C=O) groups is 3. The first-order valence-corrected chi connectivity index (χ1v) is 9.69. The highest BCUT2D eigenvalue weighted by Gasteiger charge is 2.47. The van der Waals surface area contributed by atoms with Gasteiger partial charge in [-0.15, -0.1) is 0 Å². The molecule has 1 rings (SSSR count). The van der Waals surface area contributed by atoms with Gasteiger partial charge in [0.1, 0.15) is 12.2 Å². The molecule has 0 unspecified atom stereocenters. The minimum absolute atomic E-state index is 0.0303. The van der Waals surface area contributed by atoms with E-state index in [1.54, 1.807) is 20.8 Å². The zero-order chi connectivity index (χ0) is 22.4. The van der Waals surface area contributed by atoms with Crippen molar-refractivity contribution in [1.29, 1.82) is 0 Å². The van der Waals surface area contributed by atoms with Gasteiger partial charge in [0.25, 0.3) is 0 Å². The highest BCUT2D eigenvalue weighted by Crippen LogP contribution is 2.22. The molecular formula is C22H33NO6. The van der Waals surface area contributed by atoms with E-state index in [2.05, 4.69) is 0 Å². The van der Waals surface area contributed by atoms with Crippen molar-refractivity contribution in [3.63, 3.8) is 0 Å². The van der Waals surface area contributed by atoms with Gasteiger partial charge in [0.2, 0.25) is 5.60 Å². The minimum Gasteiger partial charge on any atom is -0.457 e. The third-order valence-corrected chi connectivity index (χ3v) is 4.23. The predicted octanol–water partition coefficient (Wildman–Crippen LogP) is 3.33. The average Bonchev–Trinajstić information content (AvgIpc) is 2.62. The number of rotatable bonds is 8. The molecule has 0 saturated carbocycles. The number of likely N-dealkylation sites (N-methyl/N-ethyl adjacent to an activating group) is 1. The summed E-state index contributed by atoms with van der Waals surface area (Å²) in [5, 5.41) is 10.6. The Kier molecular flexibility index (Phi) is 8.38. The van der Waals surface area contributed by atoms with Crippen LogP contribution >= 0.6 is 0 Å². The molecule has 0 aliphatic rings. The van der Waals surface area contributed by atoms with Gasteiger partial charge >= 0.3 is 12.1 Å². The summed E-state index contributed by atoms with van der Waals surface area (Å²) in [4.78, 5) is 39.1. The fourth-order valence-electron chi connectivity index (χ4n) is 2.64. The van der Waals surface area contributed by atoms with Crippen LogP contribution in [-0.2, 0) is 25.7 Å². The maximum atomic E-state index is 13.0. The molecule has 7 nitrogen and oxygen atoms in total. The molecule has 0 aliphatic heterocycles. The number of amides is 1. The van der Waals surface area contributed by atoms with E-state index in [0.717, 1.165) is 17.4 Å². The standard InChI is InChI=1S/C22H33NO6/c1-15(2)13-17(18(24)22(6,27)19(25)29-21(3,4)5)23(7)20(26)28-14-16-11-9-8-10-12-16/h8-12,15,17,27H,13-14H2,1-7H3/t17-,22-/m0/s1. The molecule has 0 fully saturated rings. The first-order chi connectivity index (χ1) is 13.3. The monoisotopic (exact) mass is 407 g/mol. The maximum Gasteiger partial charge on any atom is 0.410 e. The van der Waals surface area contributed by atoms with Crippen molar-refractivity contribution in [3.05, 3.63) is 35.9 Å². The van der Waals surface area contributed by atoms with E-state index in [0.29, 0.717) is 0 Å². The Bertz CT molecular complexity index is 706. The van der Waals surface area contributed by atoms with Gasteiger partial charge in [-0.05, 0) is 45.6 Å². The Morgan fingerprint density at radius 1 is 1.07 bits per heavy atom. The first kappa shape index (κ1) is 24.6. The van der Waals surface area contributed by atoms with Gasteiger partial charge < -0.3 is 19.5 Å². The lowest BCUT2D eigenvalue weighted by molar-refractivity contribution is -0.179. The van der Waals surface area contributed by atoms with Crippen molar-refractivity contribution in [2.45, 2.75) is 71.8 Å². The number of aliphatic hydroxyl groups is 1. The molecule has 1 aromatic carbocycles. The van der Waals surface area contributed by atoms with Crippen LogP contribution < -0.4 is 0 Å². The van der Waals surface area contributed by atoms with E-state index in [1.807, 2.05) is 44.2 Å². The third-order valence-electron chi connectivity index (χ3n) is 4.23. The lowest BCUT2D eigenvalue weighted by atomic mass is 9.89. The predicted molar refractivity (Wildman–Crippen MR) is 109 cm³/mol. The number of benzene rings is 1. The molecule has 0 radical (unpaired) electrons. The second kappa shape index (κ2) is 9.87. The van der Waals surface area contributed by atoms with Gasteiger partial charge in [-0.2, -0.15) is 0 Å². The number of esters is 1. The van der Waals surface area contributed by atoms with Crippen LogP contribution in [0.3, 0.4) is 0 Å². The zero-order valence-corrected chi connectivity index (χ0v) is 18.4. The molecule has 7 heteroatoms. The maximum absolute atomic E-state index is 13.0. The highest BCUT2D eigenvalue weighted by atomic mass is 16.6. The molecule has 2 atom stereocenters. The zero-order valence-electron chi connectivity index (χ0n) is 18.4. The Balaban J connectivity index is 2.97. The van der Waals surface area contributed by atoms with E-state index in [1.165, 1.54) is 7.05 Å². The molecule has 0 saturated heterocycles. The van der Waals surface area contributed by atoms with Crippen LogP contribution in [0.5, 0.6) is 0 Å². The fourth-order valence-corrected chi connectivity index (χ4v) is 2.64. The number of hydrogen-bond donors (Lipinski definition) is 1. The van der Waals surface area contributed by atoms with Crippen LogP contribution in [0.25, 0.3) is 0 Å². The summed E-state index contributed by atoms with van der Waals surface area (Å²) < 4.78 is 10.5. The van der Waals surface area contributed by atoms with Gasteiger partial charge in [0.05, 0.1) is 6.04 Å². The van der Waals surface area contributed by atoms with Crippen molar-refractivity contribution in [2.75, 3.05) is 7.05 Å². The average molecular weight is 408 g/mol. The molecule has 162 valence electrons. The quantitative estimate of drug-likeness (QED) is 0.525. The number of Topliss-reactive ketones (excluding diaryl/α,β-unsaturated/α-hetero) is 1. The third kappa shape index (κ3) is 7.49. The summed E-state index contributed by atoms with van der Waals surface area (Å²) in [6.45, 7) is 9.84. The number of carbonyl (C=O) groups excluding carboxylic acids is 3. The molecule has 0 heterocycles. The Labute approximate surface area is 173 Å². The molecule has 0 aromatic heterocycles. The molecule has 1 N–H and O–H groups in total. The summed E-state index contributed by atoms with van der Waals surface area (Å²) in [7, 11) is 1.42. The second-order valence-corrected chi connectivity index (χ2v) is 8.73. The van der Waals surface area contributed by atoms with E-state index in [-0.39, 0.29) is 18.9 Å². The largest absolute Gasteiger partial charge is 0.457 e. The van der Waals surface area contributed by atoms with Gasteiger partial charge in [0, 0.05) is 7.05 Å². The molecular weight excluding hydrogens is 374 g/mol. The Morgan fingerprint density at radius 2 is 1.62 bits per heavy atom. The molecule has 1 aromatic rings. The molecule has 29 heavy (non-hydrogen) atoms. The Hall–Kier alpha value is -2.41. The summed E-state index contributed by atoms with van der Waals surface area (Å²) in [5.41, 5.74) is -2.45. The summed E-state index contributed by atoms with van der Waals surface area (Å²) in [5.74, 6) is -1.82. The van der Waals surface area contributed by atoms with Crippen molar-refractivity contribution >= 4 is 17.8 Å². The van der Waals surface area contributed by atoms with Gasteiger partial charge in [0.15, 0.2) is 5.78 Å². The van der Waals surface area contributed by atoms with Gasteiger partial charge in [-0.3, -0.25) is 4.79 Å². The minimum atomic E-state index is -2.39. The normalized spacial score (nSPS) is 14.7. The van der Waals surface area contributed by atoms with Crippen LogP contribution in [-0.4, -0.2) is 52.1 Å². The van der Waals surface area contributed by atoms with Crippen LogP contribution in [0.1, 0.15) is 53.5 Å². The number of ether oxygens (including phenoxy) is 2. The molecule has 0 bridgehead atoms. The second-order valence-electron chi connectivity index (χ2n) is 8.73. The topological polar surface area (TPSA) is 93.1 Å². The summed E-state index contributed by atoms with van der Waals surface area (Å²) in [6, 6.07) is 8.11. The summed E-state index contributed by atoms with van der Waals surface area (Å²) in [6.07, 6.45) is -0.456. The number of nitrogens with zero attached hydrogens (tertiary/aromatic N) is 1. The SMILES string of the molecule is CC(C)C[C@@H](C(=O)[C@](C)(O)C(=O)OC(C)(C)C)N(C)C(=O)OCc1ccccc1. The van der Waals surface area contributed by atoms with E-state index >= 15 is 0 Å². The molecule has 0 spiro atoms. The first-order valence-electron chi connectivity index (χ1n) is 9.69. The van der Waals surface area contributed by atoms with Crippen LogP contribution in [0.2, 0.25) is 0 Å². The van der Waals surface area contributed by atoms with E-state index in [9.17, 15) is 19.5 Å². The molecule has 1 amide bonds. The smallest absolute Gasteiger partial charge is 0.410 e. The number of ketones is 1. The van der Waals surface area contributed by atoms with E-state index in [4.69, 9.17) is 9.47 Å². The van der Waals surface area contributed by atoms with Crippen LogP contribution in [0.4, 0.5) is 4.79 Å².